The molecule has 0 bridgehead atoms. The summed E-state index contributed by atoms with van der Waals surface area (Å²) in [6.07, 6.45) is 0.844. The van der Waals surface area contributed by atoms with E-state index in [9.17, 15) is 9.59 Å². The van der Waals surface area contributed by atoms with Gasteiger partial charge >= 0.3 is 0 Å². The minimum absolute atomic E-state index is 0.0951. The van der Waals surface area contributed by atoms with Crippen LogP contribution >= 0.6 is 23.2 Å². The summed E-state index contributed by atoms with van der Waals surface area (Å²) in [5, 5.41) is 4.65. The number of aryl methyl sites for hydroxylation is 1. The predicted molar refractivity (Wildman–Crippen MR) is 125 cm³/mol. The van der Waals surface area contributed by atoms with E-state index in [1.807, 2.05) is 25.1 Å². The number of hydrogen-bond donors (Lipinski definition) is 0. The predicted octanol–water partition coefficient (Wildman–Crippen LogP) is 5.93. The molecule has 0 saturated carbocycles. The first-order chi connectivity index (χ1) is 15.9. The van der Waals surface area contributed by atoms with E-state index in [1.54, 1.807) is 19.1 Å². The van der Waals surface area contributed by atoms with Crippen molar-refractivity contribution in [2.45, 2.75) is 26.3 Å². The number of carbonyl (C=O) groups excluding carboxylic acids is 1. The van der Waals surface area contributed by atoms with Gasteiger partial charge in [0.15, 0.2) is 16.8 Å². The summed E-state index contributed by atoms with van der Waals surface area (Å²) in [5.74, 6) is 0.798. The number of halogens is 2. The summed E-state index contributed by atoms with van der Waals surface area (Å²) in [4.78, 5) is 28.6. The van der Waals surface area contributed by atoms with E-state index in [0.717, 1.165) is 6.42 Å². The van der Waals surface area contributed by atoms with Crippen molar-refractivity contribution < 1.29 is 18.5 Å². The third kappa shape index (κ3) is 3.57. The molecule has 33 heavy (non-hydrogen) atoms. The summed E-state index contributed by atoms with van der Waals surface area (Å²) in [6, 6.07) is 11.0. The molecule has 7 nitrogen and oxygen atoms in total. The Bertz CT molecular complexity index is 1460. The summed E-state index contributed by atoms with van der Waals surface area (Å²) in [7, 11) is 0. The number of amides is 1. The van der Waals surface area contributed by atoms with Crippen LogP contribution in [0.3, 0.4) is 0 Å². The van der Waals surface area contributed by atoms with Crippen molar-refractivity contribution in [3.05, 3.63) is 85.4 Å². The highest BCUT2D eigenvalue weighted by molar-refractivity contribution is 6.38. The third-order valence-electron chi connectivity index (χ3n) is 5.40. The fraction of sp³-hybridized carbons (Fsp3) is 0.208. The minimum atomic E-state index is -0.805. The Hall–Kier alpha value is -3.29. The van der Waals surface area contributed by atoms with E-state index >= 15 is 0 Å². The van der Waals surface area contributed by atoms with Crippen molar-refractivity contribution in [2.75, 3.05) is 11.5 Å². The van der Waals surface area contributed by atoms with Gasteiger partial charge in [-0.05, 0) is 43.2 Å². The zero-order valence-corrected chi connectivity index (χ0v) is 19.2. The highest BCUT2D eigenvalue weighted by atomic mass is 35.5. The number of hydrogen-bond acceptors (Lipinski definition) is 6. The zero-order valence-electron chi connectivity index (χ0n) is 17.7. The fourth-order valence-corrected chi connectivity index (χ4v) is 4.55. The van der Waals surface area contributed by atoms with Crippen molar-refractivity contribution in [3.8, 4) is 5.75 Å². The topological polar surface area (TPSA) is 85.8 Å². The summed E-state index contributed by atoms with van der Waals surface area (Å²) in [5.41, 5.74) is 0.557. The molecule has 9 heteroatoms. The molecule has 2 aromatic heterocycles. The summed E-state index contributed by atoms with van der Waals surface area (Å²) < 4.78 is 16.9. The normalized spacial score (nSPS) is 15.3. The second kappa shape index (κ2) is 8.24. The van der Waals surface area contributed by atoms with Gasteiger partial charge in [0.1, 0.15) is 11.5 Å². The van der Waals surface area contributed by atoms with Crippen LogP contribution in [0, 0.1) is 6.92 Å². The van der Waals surface area contributed by atoms with Crippen LogP contribution in [-0.4, -0.2) is 17.7 Å². The van der Waals surface area contributed by atoms with Crippen molar-refractivity contribution in [1.82, 2.24) is 5.16 Å². The van der Waals surface area contributed by atoms with Crippen LogP contribution < -0.4 is 15.1 Å². The first kappa shape index (κ1) is 21.6. The van der Waals surface area contributed by atoms with E-state index < -0.39 is 17.4 Å². The van der Waals surface area contributed by atoms with Gasteiger partial charge in [-0.2, -0.15) is 0 Å². The molecular weight excluding hydrogens is 467 g/mol. The van der Waals surface area contributed by atoms with Crippen molar-refractivity contribution in [3.63, 3.8) is 0 Å². The van der Waals surface area contributed by atoms with E-state index in [2.05, 4.69) is 5.16 Å². The SMILES string of the molecule is CCCOc1cccc(C2c3c(oc4c(Cl)cc(Cl)cc4c3=O)C(=O)N2c2cc(C)on2)c1. The van der Waals surface area contributed by atoms with Gasteiger partial charge in [0.2, 0.25) is 5.76 Å². The van der Waals surface area contributed by atoms with E-state index in [-0.39, 0.29) is 33.1 Å². The summed E-state index contributed by atoms with van der Waals surface area (Å²) >= 11 is 12.4. The Balaban J connectivity index is 1.78. The van der Waals surface area contributed by atoms with Crippen molar-refractivity contribution in [2.24, 2.45) is 0 Å². The molecule has 168 valence electrons. The largest absolute Gasteiger partial charge is 0.494 e. The molecule has 0 radical (unpaired) electrons. The fourth-order valence-electron chi connectivity index (χ4n) is 4.01. The molecule has 0 N–H and O–H groups in total. The van der Waals surface area contributed by atoms with E-state index in [4.69, 9.17) is 36.9 Å². The lowest BCUT2D eigenvalue weighted by Gasteiger charge is -2.22. The molecule has 1 aliphatic heterocycles. The number of fused-ring (bicyclic) bond motifs is 2. The Labute approximate surface area is 198 Å². The zero-order chi connectivity index (χ0) is 23.3. The maximum atomic E-state index is 13.7. The monoisotopic (exact) mass is 484 g/mol. The van der Waals surface area contributed by atoms with Gasteiger partial charge < -0.3 is 13.7 Å². The molecule has 3 heterocycles. The van der Waals surface area contributed by atoms with Crippen LogP contribution in [0.15, 0.2) is 56.2 Å². The molecule has 5 rings (SSSR count). The highest BCUT2D eigenvalue weighted by Gasteiger charge is 2.45. The molecule has 0 spiro atoms. The Morgan fingerprint density at radius 3 is 2.70 bits per heavy atom. The highest BCUT2D eigenvalue weighted by Crippen LogP contribution is 2.42. The molecule has 4 aromatic rings. The number of rotatable bonds is 5. The van der Waals surface area contributed by atoms with Crippen LogP contribution in [0.2, 0.25) is 10.0 Å². The van der Waals surface area contributed by atoms with Gasteiger partial charge in [0, 0.05) is 11.1 Å². The first-order valence-electron chi connectivity index (χ1n) is 10.3. The van der Waals surface area contributed by atoms with Gasteiger partial charge in [0.05, 0.1) is 28.6 Å². The second-order valence-corrected chi connectivity index (χ2v) is 8.58. The lowest BCUT2D eigenvalue weighted by Crippen LogP contribution is -2.29. The van der Waals surface area contributed by atoms with E-state index in [0.29, 0.717) is 28.7 Å². The summed E-state index contributed by atoms with van der Waals surface area (Å²) in [6.45, 7) is 4.27. The van der Waals surface area contributed by atoms with E-state index in [1.165, 1.54) is 17.0 Å². The lowest BCUT2D eigenvalue weighted by molar-refractivity contribution is 0.0969. The number of ether oxygens (including phenoxy) is 1. The number of anilines is 1. The van der Waals surface area contributed by atoms with Crippen molar-refractivity contribution in [1.29, 1.82) is 0 Å². The number of nitrogens with zero attached hydrogens (tertiary/aromatic N) is 2. The molecule has 0 saturated heterocycles. The third-order valence-corrected chi connectivity index (χ3v) is 5.90. The van der Waals surface area contributed by atoms with Crippen LogP contribution in [-0.2, 0) is 0 Å². The van der Waals surface area contributed by atoms with Gasteiger partial charge in [-0.3, -0.25) is 14.5 Å². The first-order valence-corrected chi connectivity index (χ1v) is 11.1. The lowest BCUT2D eigenvalue weighted by atomic mass is 9.98. The molecule has 1 amide bonds. The standard InChI is InChI=1S/C24H18Cl2N2O5/c1-3-7-31-15-6-4-5-13(9-15)20-19-21(29)16-10-14(25)11-17(26)22(16)32-23(19)24(30)28(20)18-8-12(2)33-27-18/h4-6,8-11,20H,3,7H2,1-2H3. The smallest absolute Gasteiger partial charge is 0.296 e. The Morgan fingerprint density at radius 2 is 1.97 bits per heavy atom. The second-order valence-electron chi connectivity index (χ2n) is 7.73. The van der Waals surface area contributed by atoms with Gasteiger partial charge in [-0.25, -0.2) is 0 Å². The number of benzene rings is 2. The average Bonchev–Trinajstić information content (AvgIpc) is 3.34. The van der Waals surface area contributed by atoms with Crippen LogP contribution in [0.4, 0.5) is 5.82 Å². The number of aromatic nitrogens is 1. The van der Waals surface area contributed by atoms with Gasteiger partial charge in [-0.15, -0.1) is 0 Å². The molecule has 1 atom stereocenters. The van der Waals surface area contributed by atoms with Crippen molar-refractivity contribution >= 4 is 45.9 Å². The van der Waals surface area contributed by atoms with Gasteiger partial charge in [-0.1, -0.05) is 47.4 Å². The quantitative estimate of drug-likeness (QED) is 0.348. The van der Waals surface area contributed by atoms with Gasteiger partial charge in [0.25, 0.3) is 5.91 Å². The maximum absolute atomic E-state index is 13.7. The van der Waals surface area contributed by atoms with Crippen LogP contribution in [0.5, 0.6) is 5.75 Å². The molecular formula is C24H18Cl2N2O5. The van der Waals surface area contributed by atoms with Crippen LogP contribution in [0.25, 0.3) is 11.0 Å². The Kier molecular flexibility index (Phi) is 5.38. The number of carbonyl (C=O) groups is 1. The Morgan fingerprint density at radius 1 is 1.15 bits per heavy atom. The average molecular weight is 485 g/mol. The molecule has 2 aromatic carbocycles. The van der Waals surface area contributed by atoms with Crippen LogP contribution in [0.1, 0.15) is 46.8 Å². The molecule has 1 aliphatic rings. The molecule has 0 fully saturated rings. The minimum Gasteiger partial charge on any atom is -0.494 e. The maximum Gasteiger partial charge on any atom is 0.296 e. The molecule has 0 aliphatic carbocycles. The molecule has 1 unspecified atom stereocenters.